The monoisotopic (exact) mass is 920 g/mol. The van der Waals surface area contributed by atoms with Crippen molar-refractivity contribution in [2.75, 3.05) is 58.1 Å². The van der Waals surface area contributed by atoms with Gasteiger partial charge in [0.15, 0.2) is 12.6 Å². The third-order valence-electron chi connectivity index (χ3n) is 15.2. The lowest BCUT2D eigenvalue weighted by molar-refractivity contribution is -0.0460. The Morgan fingerprint density at radius 1 is 0.894 bits per heavy atom. The average molecular weight is 920 g/mol. The summed E-state index contributed by atoms with van der Waals surface area (Å²) in [5.74, 6) is 4.41. The highest BCUT2D eigenvalue weighted by atomic mass is 28.3. The molecule has 66 heavy (non-hydrogen) atoms. The number of fused-ring (bicyclic) bond motifs is 6. The third-order valence-corrected chi connectivity index (χ3v) is 21.4. The lowest BCUT2D eigenvalue weighted by Crippen LogP contribution is -2.57. The van der Waals surface area contributed by atoms with Gasteiger partial charge in [-0.2, -0.15) is 9.97 Å². The van der Waals surface area contributed by atoms with Crippen molar-refractivity contribution in [2.24, 2.45) is 5.41 Å². The normalized spacial score (nSPS) is 22.7. The smallest absolute Gasteiger partial charge is 0.410 e. The van der Waals surface area contributed by atoms with E-state index in [-0.39, 0.29) is 41.9 Å². The molecule has 3 aromatic carbocycles. The molecule has 1 saturated carbocycles. The van der Waals surface area contributed by atoms with Crippen molar-refractivity contribution in [3.05, 3.63) is 53.8 Å². The van der Waals surface area contributed by atoms with Crippen molar-refractivity contribution >= 4 is 41.7 Å². The van der Waals surface area contributed by atoms with Crippen molar-refractivity contribution in [1.82, 2.24) is 19.8 Å². The Bertz CT molecular complexity index is 2480. The molecule has 4 aliphatic heterocycles. The van der Waals surface area contributed by atoms with E-state index in [1.807, 2.05) is 62.1 Å². The number of carbonyl (C=O) groups is 1. The number of hydrogen-bond donors (Lipinski definition) is 0. The maximum atomic E-state index is 18.0. The van der Waals surface area contributed by atoms with Crippen LogP contribution in [0.25, 0.3) is 32.8 Å². The van der Waals surface area contributed by atoms with Crippen molar-refractivity contribution in [1.29, 1.82) is 0 Å². The molecule has 4 saturated heterocycles. The van der Waals surface area contributed by atoms with Crippen LogP contribution in [0.4, 0.5) is 15.0 Å². The summed E-state index contributed by atoms with van der Waals surface area (Å²) in [4.78, 5) is 30.2. The summed E-state index contributed by atoms with van der Waals surface area (Å²) >= 11 is 0. The number of amides is 1. The largest absolute Gasteiger partial charge is 0.468 e. The molecule has 4 atom stereocenters. The van der Waals surface area contributed by atoms with E-state index >= 15 is 4.39 Å². The highest BCUT2D eigenvalue weighted by Gasteiger charge is 2.48. The van der Waals surface area contributed by atoms with E-state index in [0.29, 0.717) is 76.6 Å². The molecule has 13 heteroatoms. The first kappa shape index (κ1) is 46.6. The summed E-state index contributed by atoms with van der Waals surface area (Å²) < 4.78 is 48.1. The van der Waals surface area contributed by atoms with Gasteiger partial charge in [-0.25, -0.2) is 9.18 Å². The molecule has 5 fully saturated rings. The molecule has 0 N–H and O–H groups in total. The molecule has 11 nitrogen and oxygen atoms in total. The average Bonchev–Trinajstić information content (AvgIpc) is 3.86. The molecule has 0 radical (unpaired) electrons. The van der Waals surface area contributed by atoms with E-state index in [1.165, 1.54) is 0 Å². The number of anilines is 1. The SMILES string of the molecule is COCOc1cc(-c2ccc3c(N4CC5CCC(C4)N5C(=O)OC(C)(C)C)nc(OCC4(CN5CC6CCC(C5)O6)CC4)nc3c2F)c2c(C#C[Si](C(C)C)(C(C)C)C(C)C)cccc2c1. The van der Waals surface area contributed by atoms with Gasteiger partial charge in [0, 0.05) is 67.1 Å². The predicted octanol–water partition coefficient (Wildman–Crippen LogP) is 10.8. The Kier molecular flexibility index (Phi) is 12.9. The quantitative estimate of drug-likeness (QED) is 0.0732. The molecule has 4 unspecified atom stereocenters. The fourth-order valence-electron chi connectivity index (χ4n) is 11.9. The zero-order valence-corrected chi connectivity index (χ0v) is 41.8. The number of carbonyl (C=O) groups excluding carboxylic acids is 1. The second-order valence-corrected chi connectivity index (χ2v) is 27.4. The first-order valence-electron chi connectivity index (χ1n) is 24.5. The number of piperazine rings is 1. The van der Waals surface area contributed by atoms with E-state index in [2.05, 4.69) is 68.9 Å². The Morgan fingerprint density at radius 2 is 1.58 bits per heavy atom. The van der Waals surface area contributed by atoms with Crippen molar-refractivity contribution < 1.29 is 32.9 Å². The zero-order chi connectivity index (χ0) is 46.7. The van der Waals surface area contributed by atoms with Crippen LogP contribution in [0.15, 0.2) is 42.5 Å². The van der Waals surface area contributed by atoms with Crippen molar-refractivity contribution in [3.8, 4) is 34.4 Å². The summed E-state index contributed by atoms with van der Waals surface area (Å²) in [6.07, 6.45) is 6.43. The van der Waals surface area contributed by atoms with E-state index in [1.54, 1.807) is 7.11 Å². The van der Waals surface area contributed by atoms with Crippen LogP contribution in [-0.4, -0.2) is 117 Å². The van der Waals surface area contributed by atoms with Crippen LogP contribution in [0, 0.1) is 22.7 Å². The zero-order valence-electron chi connectivity index (χ0n) is 40.8. The van der Waals surface area contributed by atoms with Crippen LogP contribution in [0.5, 0.6) is 11.8 Å². The topological polar surface area (TPSA) is 98.7 Å². The van der Waals surface area contributed by atoms with Gasteiger partial charge in [0.1, 0.15) is 30.8 Å². The van der Waals surface area contributed by atoms with Gasteiger partial charge in [0.05, 0.1) is 30.9 Å². The lowest BCUT2D eigenvalue weighted by Gasteiger charge is -2.42. The number of benzene rings is 3. The third kappa shape index (κ3) is 9.12. The number of nitrogens with zero attached hydrogens (tertiary/aromatic N) is 5. The molecule has 1 aliphatic carbocycles. The van der Waals surface area contributed by atoms with Crippen LogP contribution >= 0.6 is 0 Å². The number of halogens is 1. The van der Waals surface area contributed by atoms with E-state index < -0.39 is 19.5 Å². The van der Waals surface area contributed by atoms with Crippen LogP contribution < -0.4 is 14.4 Å². The molecular weight excluding hydrogens is 850 g/mol. The molecule has 4 bridgehead atoms. The van der Waals surface area contributed by atoms with Gasteiger partial charge >= 0.3 is 12.1 Å². The minimum absolute atomic E-state index is 0.00600. The molecule has 9 rings (SSSR count). The van der Waals surface area contributed by atoms with Gasteiger partial charge in [-0.3, -0.25) is 9.80 Å². The lowest BCUT2D eigenvalue weighted by atomic mass is 9.93. The van der Waals surface area contributed by atoms with Gasteiger partial charge in [0.25, 0.3) is 0 Å². The summed E-state index contributed by atoms with van der Waals surface area (Å²) in [5.41, 5.74) is 6.77. The summed E-state index contributed by atoms with van der Waals surface area (Å²) in [5, 5.41) is 2.35. The van der Waals surface area contributed by atoms with E-state index in [0.717, 1.165) is 74.5 Å². The maximum absolute atomic E-state index is 18.0. The van der Waals surface area contributed by atoms with Crippen LogP contribution in [0.2, 0.25) is 16.6 Å². The molecule has 5 aliphatic rings. The first-order valence-corrected chi connectivity index (χ1v) is 26.7. The highest BCUT2D eigenvalue weighted by molar-refractivity contribution is 6.90. The number of aromatic nitrogens is 2. The summed E-state index contributed by atoms with van der Waals surface area (Å²) in [6.45, 7) is 24.0. The number of rotatable bonds is 13. The molecule has 354 valence electrons. The van der Waals surface area contributed by atoms with E-state index in [9.17, 15) is 4.79 Å². The minimum atomic E-state index is -2.11. The van der Waals surface area contributed by atoms with Gasteiger partial charge in [-0.05, 0) is 111 Å². The highest BCUT2D eigenvalue weighted by Crippen LogP contribution is 2.48. The number of morpholine rings is 1. The van der Waals surface area contributed by atoms with Gasteiger partial charge < -0.3 is 28.6 Å². The van der Waals surface area contributed by atoms with Gasteiger partial charge in [0.2, 0.25) is 0 Å². The molecule has 0 spiro atoms. The van der Waals surface area contributed by atoms with Gasteiger partial charge in [-0.15, -0.1) is 5.54 Å². The Balaban J connectivity index is 1.14. The van der Waals surface area contributed by atoms with Crippen LogP contribution in [0.1, 0.15) is 106 Å². The number of likely N-dealkylation sites (tertiary alicyclic amines) is 1. The summed E-state index contributed by atoms with van der Waals surface area (Å²) in [7, 11) is -0.521. The Morgan fingerprint density at radius 3 is 2.20 bits per heavy atom. The number of hydrogen-bond acceptors (Lipinski definition) is 10. The first-order chi connectivity index (χ1) is 31.5. The minimum Gasteiger partial charge on any atom is -0.468 e. The number of methoxy groups -OCH3 is 1. The van der Waals surface area contributed by atoms with Crippen molar-refractivity contribution in [3.63, 3.8) is 0 Å². The second-order valence-electron chi connectivity index (χ2n) is 21.8. The molecule has 5 heterocycles. The molecular formula is C53H70FN5O6Si. The Hall–Kier alpha value is -4.48. The predicted molar refractivity (Wildman–Crippen MR) is 261 cm³/mol. The van der Waals surface area contributed by atoms with Crippen LogP contribution in [0.3, 0.4) is 0 Å². The number of ether oxygens (including phenoxy) is 5. The maximum Gasteiger partial charge on any atom is 0.410 e. The van der Waals surface area contributed by atoms with Crippen molar-refractivity contribution in [2.45, 2.75) is 147 Å². The van der Waals surface area contributed by atoms with Gasteiger partial charge in [-0.1, -0.05) is 65.7 Å². The standard InChI is InChI=1S/C53H70FN5O6Si/c1-33(2)66(34(3)4,35(5)6)23-20-36-12-11-13-37-24-42(63-32-61-10)25-45(46(36)37)43-18-19-44-48(47(43)54)55-50(62-31-53(21-22-53)30-57-28-40-16-17-41(29-57)64-40)56-49(44)58-26-38-14-15-39(27-58)59(38)51(60)65-52(7,8)9/h11-13,18-19,24-25,33-35,38-41H,14-17,21-22,26-32H2,1-10H3. The van der Waals surface area contributed by atoms with E-state index in [4.69, 9.17) is 33.7 Å². The second kappa shape index (κ2) is 18.2. The molecule has 1 aromatic heterocycles. The fourth-order valence-corrected chi connectivity index (χ4v) is 17.1. The fraction of sp³-hybridized carbons (Fsp3) is 0.604. The summed E-state index contributed by atoms with van der Waals surface area (Å²) in [6, 6.07) is 13.8. The Labute approximate surface area is 392 Å². The van der Waals surface area contributed by atoms with Crippen LogP contribution in [-0.2, 0) is 14.2 Å². The molecule has 1 amide bonds. The molecule has 4 aromatic rings.